The highest BCUT2D eigenvalue weighted by atomic mass is 16.2. The molecule has 0 unspecified atom stereocenters. The quantitative estimate of drug-likeness (QED) is 0.891. The minimum Gasteiger partial charge on any atom is -0.353 e. The first-order valence-electron chi connectivity index (χ1n) is 8.64. The van der Waals surface area contributed by atoms with E-state index in [0.29, 0.717) is 6.54 Å². The molecule has 2 amide bonds. The molecule has 1 fully saturated rings. The van der Waals surface area contributed by atoms with E-state index in [1.165, 1.54) is 0 Å². The van der Waals surface area contributed by atoms with Gasteiger partial charge in [-0.15, -0.1) is 0 Å². The van der Waals surface area contributed by atoms with Crippen LogP contribution < -0.4 is 10.6 Å². The molecule has 1 aromatic carbocycles. The molecule has 1 aliphatic heterocycles. The predicted octanol–water partition coefficient (Wildman–Crippen LogP) is 2.56. The molecule has 1 heterocycles. The Bertz CT molecular complexity index is 585. The minimum atomic E-state index is -0.356. The molecule has 2 N–H and O–H groups in total. The topological polar surface area (TPSA) is 61.4 Å². The molecule has 0 spiro atoms. The fourth-order valence-corrected chi connectivity index (χ4v) is 2.76. The fourth-order valence-electron chi connectivity index (χ4n) is 2.76. The van der Waals surface area contributed by atoms with Gasteiger partial charge in [0.05, 0.1) is 6.54 Å². The molecule has 0 radical (unpaired) electrons. The summed E-state index contributed by atoms with van der Waals surface area (Å²) in [4.78, 5) is 26.3. The van der Waals surface area contributed by atoms with E-state index < -0.39 is 0 Å². The second-order valence-electron chi connectivity index (χ2n) is 7.69. The second-order valence-corrected chi connectivity index (χ2v) is 7.69. The van der Waals surface area contributed by atoms with Gasteiger partial charge in [0.2, 0.25) is 11.8 Å². The Morgan fingerprint density at radius 2 is 1.88 bits per heavy atom. The molecular formula is C19H29N3O2. The number of nitrogens with zero attached hydrogens (tertiary/aromatic N) is 1. The van der Waals surface area contributed by atoms with E-state index in [2.05, 4.69) is 15.5 Å². The van der Waals surface area contributed by atoms with Gasteiger partial charge in [0.25, 0.3) is 0 Å². The maximum Gasteiger partial charge on any atom is 0.238 e. The first kappa shape index (κ1) is 18.5. The number of nitrogens with one attached hydrogen (secondary N) is 2. The van der Waals surface area contributed by atoms with Gasteiger partial charge in [0.15, 0.2) is 0 Å². The number of hydrogen-bond donors (Lipinski definition) is 2. The van der Waals surface area contributed by atoms with Crippen molar-refractivity contribution in [2.75, 3.05) is 25.0 Å². The number of aryl methyl sites for hydroxylation is 1. The zero-order valence-electron chi connectivity index (χ0n) is 15.2. The summed E-state index contributed by atoms with van der Waals surface area (Å²) in [5, 5.41) is 6.06. The Kier molecular flexibility index (Phi) is 5.99. The van der Waals surface area contributed by atoms with Crippen molar-refractivity contribution in [1.82, 2.24) is 10.2 Å². The summed E-state index contributed by atoms with van der Waals surface area (Å²) in [5.74, 6) is 0.107. The van der Waals surface area contributed by atoms with Crippen molar-refractivity contribution in [3.63, 3.8) is 0 Å². The van der Waals surface area contributed by atoms with E-state index in [0.717, 1.165) is 37.2 Å². The standard InChI is InChI=1S/C19H29N3O2/c1-14-6-5-7-16(12-14)20-17(23)13-22-10-8-15(9-11-22)21-18(24)19(2,3)4/h5-7,12,15H,8-11,13H2,1-4H3,(H,20,23)(H,21,24). The van der Waals surface area contributed by atoms with Gasteiger partial charge in [-0.3, -0.25) is 14.5 Å². The van der Waals surface area contributed by atoms with Crippen LogP contribution in [0.25, 0.3) is 0 Å². The van der Waals surface area contributed by atoms with Crippen LogP contribution in [0.4, 0.5) is 5.69 Å². The normalized spacial score (nSPS) is 16.7. The van der Waals surface area contributed by atoms with Crippen molar-refractivity contribution in [2.45, 2.75) is 46.6 Å². The van der Waals surface area contributed by atoms with E-state index in [-0.39, 0.29) is 23.3 Å². The molecule has 5 heteroatoms. The number of rotatable bonds is 4. The molecule has 132 valence electrons. The van der Waals surface area contributed by atoms with Crippen molar-refractivity contribution in [2.24, 2.45) is 5.41 Å². The van der Waals surface area contributed by atoms with Crippen molar-refractivity contribution in [3.05, 3.63) is 29.8 Å². The summed E-state index contributed by atoms with van der Waals surface area (Å²) < 4.78 is 0. The van der Waals surface area contributed by atoms with Crippen LogP contribution in [0.5, 0.6) is 0 Å². The van der Waals surface area contributed by atoms with E-state index >= 15 is 0 Å². The van der Waals surface area contributed by atoms with Crippen LogP contribution in [0.2, 0.25) is 0 Å². The van der Waals surface area contributed by atoms with Gasteiger partial charge >= 0.3 is 0 Å². The lowest BCUT2D eigenvalue weighted by Crippen LogP contribution is -2.48. The Labute approximate surface area is 144 Å². The third-order valence-corrected chi connectivity index (χ3v) is 4.27. The highest BCUT2D eigenvalue weighted by Crippen LogP contribution is 2.16. The molecule has 2 rings (SSSR count). The Balaban J connectivity index is 1.74. The van der Waals surface area contributed by atoms with E-state index in [9.17, 15) is 9.59 Å². The van der Waals surface area contributed by atoms with Gasteiger partial charge < -0.3 is 10.6 Å². The van der Waals surface area contributed by atoms with Gasteiger partial charge in [0, 0.05) is 30.2 Å². The smallest absolute Gasteiger partial charge is 0.238 e. The van der Waals surface area contributed by atoms with E-state index in [1.54, 1.807) is 0 Å². The molecule has 1 aromatic rings. The van der Waals surface area contributed by atoms with Gasteiger partial charge in [-0.05, 0) is 37.5 Å². The van der Waals surface area contributed by atoms with Crippen LogP contribution >= 0.6 is 0 Å². The van der Waals surface area contributed by atoms with Crippen molar-refractivity contribution < 1.29 is 9.59 Å². The number of carbonyl (C=O) groups is 2. The summed E-state index contributed by atoms with van der Waals surface area (Å²) in [6.07, 6.45) is 1.78. The molecule has 1 aliphatic rings. The summed E-state index contributed by atoms with van der Waals surface area (Å²) >= 11 is 0. The van der Waals surface area contributed by atoms with Crippen molar-refractivity contribution >= 4 is 17.5 Å². The van der Waals surface area contributed by atoms with Crippen molar-refractivity contribution in [1.29, 1.82) is 0 Å². The molecule has 0 aromatic heterocycles. The van der Waals surface area contributed by atoms with Crippen molar-refractivity contribution in [3.8, 4) is 0 Å². The monoisotopic (exact) mass is 331 g/mol. The third-order valence-electron chi connectivity index (χ3n) is 4.27. The fraction of sp³-hybridized carbons (Fsp3) is 0.579. The predicted molar refractivity (Wildman–Crippen MR) is 96.9 cm³/mol. The van der Waals surface area contributed by atoms with Crippen LogP contribution in [0, 0.1) is 12.3 Å². The molecule has 0 aliphatic carbocycles. The number of anilines is 1. The van der Waals surface area contributed by atoms with Crippen LogP contribution in [0.1, 0.15) is 39.2 Å². The summed E-state index contributed by atoms with van der Waals surface area (Å²) in [7, 11) is 0. The first-order valence-corrected chi connectivity index (χ1v) is 8.64. The summed E-state index contributed by atoms with van der Waals surface area (Å²) in [6.45, 7) is 9.83. The lowest BCUT2D eigenvalue weighted by atomic mass is 9.94. The number of amides is 2. The van der Waals surface area contributed by atoms with E-state index in [1.807, 2.05) is 52.0 Å². The number of hydrogen-bond acceptors (Lipinski definition) is 3. The molecule has 5 nitrogen and oxygen atoms in total. The zero-order valence-corrected chi connectivity index (χ0v) is 15.2. The molecular weight excluding hydrogens is 302 g/mol. The highest BCUT2D eigenvalue weighted by Gasteiger charge is 2.27. The number of piperidine rings is 1. The Morgan fingerprint density at radius 3 is 2.46 bits per heavy atom. The van der Waals surface area contributed by atoms with Crippen LogP contribution in [-0.2, 0) is 9.59 Å². The summed E-state index contributed by atoms with van der Waals surface area (Å²) in [5.41, 5.74) is 1.61. The minimum absolute atomic E-state index is 0.0118. The molecule has 0 saturated carbocycles. The molecule has 0 atom stereocenters. The third kappa shape index (κ3) is 5.64. The number of carbonyl (C=O) groups excluding carboxylic acids is 2. The average Bonchev–Trinajstić information content (AvgIpc) is 2.48. The van der Waals surface area contributed by atoms with Crippen LogP contribution in [0.3, 0.4) is 0 Å². The number of likely N-dealkylation sites (tertiary alicyclic amines) is 1. The maximum absolute atomic E-state index is 12.2. The molecule has 0 bridgehead atoms. The van der Waals surface area contributed by atoms with Gasteiger partial charge in [-0.25, -0.2) is 0 Å². The average molecular weight is 331 g/mol. The molecule has 1 saturated heterocycles. The Morgan fingerprint density at radius 1 is 1.21 bits per heavy atom. The van der Waals surface area contributed by atoms with Crippen LogP contribution in [0.15, 0.2) is 24.3 Å². The summed E-state index contributed by atoms with van der Waals surface area (Å²) in [6, 6.07) is 8.03. The first-order chi connectivity index (χ1) is 11.2. The number of benzene rings is 1. The van der Waals surface area contributed by atoms with Crippen LogP contribution in [-0.4, -0.2) is 42.4 Å². The highest BCUT2D eigenvalue weighted by molar-refractivity contribution is 5.92. The molecule has 24 heavy (non-hydrogen) atoms. The lowest BCUT2D eigenvalue weighted by Gasteiger charge is -2.33. The largest absolute Gasteiger partial charge is 0.353 e. The van der Waals surface area contributed by atoms with Gasteiger partial charge in [-0.2, -0.15) is 0 Å². The lowest BCUT2D eigenvalue weighted by molar-refractivity contribution is -0.129. The second kappa shape index (κ2) is 7.79. The zero-order chi connectivity index (χ0) is 17.7. The van der Waals surface area contributed by atoms with Gasteiger partial charge in [-0.1, -0.05) is 32.9 Å². The maximum atomic E-state index is 12.2. The Hall–Kier alpha value is -1.88. The van der Waals surface area contributed by atoms with Gasteiger partial charge in [0.1, 0.15) is 0 Å². The SMILES string of the molecule is Cc1cccc(NC(=O)CN2CCC(NC(=O)C(C)(C)C)CC2)c1. The van der Waals surface area contributed by atoms with E-state index in [4.69, 9.17) is 0 Å².